The highest BCUT2D eigenvalue weighted by atomic mass is 16.3. The zero-order valence-corrected chi connectivity index (χ0v) is 10.7. The monoisotopic (exact) mass is 252 g/mol. The lowest BCUT2D eigenvalue weighted by atomic mass is 10.1. The Kier molecular flexibility index (Phi) is 3.66. The van der Waals surface area contributed by atoms with Gasteiger partial charge in [0.2, 0.25) is 0 Å². The van der Waals surface area contributed by atoms with Crippen LogP contribution in [0.4, 0.5) is 0 Å². The first-order valence-corrected chi connectivity index (χ1v) is 5.98. The van der Waals surface area contributed by atoms with Gasteiger partial charge in [0.15, 0.2) is 0 Å². The van der Waals surface area contributed by atoms with Gasteiger partial charge in [-0.2, -0.15) is 0 Å². The van der Waals surface area contributed by atoms with Crippen molar-refractivity contribution in [2.45, 2.75) is 6.92 Å². The van der Waals surface area contributed by atoms with Crippen molar-refractivity contribution in [3.8, 4) is 5.75 Å². The van der Waals surface area contributed by atoms with Crippen LogP contribution in [-0.2, 0) is 0 Å². The van der Waals surface area contributed by atoms with Gasteiger partial charge >= 0.3 is 0 Å². The summed E-state index contributed by atoms with van der Waals surface area (Å²) >= 11 is 0. The van der Waals surface area contributed by atoms with Crippen LogP contribution >= 0.6 is 0 Å². The molecule has 3 nitrogen and oxygen atoms in total. The summed E-state index contributed by atoms with van der Waals surface area (Å²) in [6.45, 7) is 2.04. The van der Waals surface area contributed by atoms with E-state index in [1.54, 1.807) is 12.1 Å². The van der Waals surface area contributed by atoms with Crippen LogP contribution in [0.5, 0.6) is 5.75 Å². The van der Waals surface area contributed by atoms with Crippen LogP contribution in [0.15, 0.2) is 42.5 Å². The normalized spacial score (nSPS) is 10.8. The summed E-state index contributed by atoms with van der Waals surface area (Å²) in [4.78, 5) is 0. The van der Waals surface area contributed by atoms with E-state index >= 15 is 0 Å². The van der Waals surface area contributed by atoms with Crippen molar-refractivity contribution < 1.29 is 5.11 Å². The maximum absolute atomic E-state index is 9.86. The Morgan fingerprint density at radius 3 is 2.37 bits per heavy atom. The van der Waals surface area contributed by atoms with Gasteiger partial charge in [0.05, 0.1) is 0 Å². The van der Waals surface area contributed by atoms with Crippen LogP contribution in [0.25, 0.3) is 12.2 Å². The summed E-state index contributed by atoms with van der Waals surface area (Å²) in [5.74, 6) is 0.0698. The molecule has 0 amide bonds. The van der Waals surface area contributed by atoms with Gasteiger partial charge in [0.25, 0.3) is 0 Å². The molecule has 2 aromatic rings. The molecule has 0 radical (unpaired) electrons. The first-order chi connectivity index (χ1) is 9.06. The largest absolute Gasteiger partial charge is 0.507 e. The first-order valence-electron chi connectivity index (χ1n) is 5.98. The summed E-state index contributed by atoms with van der Waals surface area (Å²) < 4.78 is 0. The minimum atomic E-state index is -0.0515. The van der Waals surface area contributed by atoms with Gasteiger partial charge in [-0.3, -0.25) is 5.41 Å². The van der Waals surface area contributed by atoms with E-state index in [0.717, 1.165) is 5.56 Å². The number of amidine groups is 1. The van der Waals surface area contributed by atoms with Gasteiger partial charge in [-0.25, -0.2) is 0 Å². The smallest absolute Gasteiger partial charge is 0.123 e. The molecule has 0 saturated carbocycles. The van der Waals surface area contributed by atoms with Crippen molar-refractivity contribution in [3.05, 3.63) is 64.7 Å². The van der Waals surface area contributed by atoms with E-state index < -0.39 is 0 Å². The molecule has 0 unspecified atom stereocenters. The van der Waals surface area contributed by atoms with Crippen LogP contribution in [0.3, 0.4) is 0 Å². The van der Waals surface area contributed by atoms with E-state index in [2.05, 4.69) is 0 Å². The number of hydrogen-bond donors (Lipinski definition) is 3. The van der Waals surface area contributed by atoms with E-state index in [1.807, 2.05) is 43.3 Å². The summed E-state index contributed by atoms with van der Waals surface area (Å²) in [6.07, 6.45) is 3.77. The van der Waals surface area contributed by atoms with Gasteiger partial charge in [-0.05, 0) is 18.6 Å². The van der Waals surface area contributed by atoms with Crippen LogP contribution in [0.2, 0.25) is 0 Å². The third-order valence-corrected chi connectivity index (χ3v) is 2.87. The van der Waals surface area contributed by atoms with E-state index in [9.17, 15) is 5.11 Å². The van der Waals surface area contributed by atoms with Gasteiger partial charge in [0.1, 0.15) is 11.6 Å². The van der Waals surface area contributed by atoms with Crippen molar-refractivity contribution in [3.63, 3.8) is 0 Å². The second-order valence-electron chi connectivity index (χ2n) is 4.43. The number of aryl methyl sites for hydroxylation is 1. The fraction of sp³-hybridized carbons (Fsp3) is 0.0625. The van der Waals surface area contributed by atoms with Crippen molar-refractivity contribution in [2.75, 3.05) is 0 Å². The number of phenols is 1. The maximum Gasteiger partial charge on any atom is 0.123 e. The van der Waals surface area contributed by atoms with Gasteiger partial charge in [0, 0.05) is 11.1 Å². The number of nitrogens with one attached hydrogen (secondary N) is 1. The van der Waals surface area contributed by atoms with E-state index in [4.69, 9.17) is 11.1 Å². The maximum atomic E-state index is 9.86. The fourth-order valence-corrected chi connectivity index (χ4v) is 1.72. The standard InChI is InChI=1S/C16H16N2O/c1-11-2-4-12(5-3-11)6-7-13-8-9-14(16(17)18)10-15(13)19/h2-10,19H,1H3,(H3,17,18)/b7-6+. The molecule has 2 rings (SSSR count). The topological polar surface area (TPSA) is 70.1 Å². The molecule has 0 saturated heterocycles. The lowest BCUT2D eigenvalue weighted by Gasteiger charge is -2.03. The number of aromatic hydroxyl groups is 1. The van der Waals surface area contributed by atoms with Crippen LogP contribution < -0.4 is 5.73 Å². The number of hydrogen-bond acceptors (Lipinski definition) is 2. The van der Waals surface area contributed by atoms with Crippen molar-refractivity contribution in [1.82, 2.24) is 0 Å². The van der Waals surface area contributed by atoms with Crippen molar-refractivity contribution in [2.24, 2.45) is 5.73 Å². The Balaban J connectivity index is 2.23. The third kappa shape index (κ3) is 3.22. The number of phenolic OH excluding ortho intramolecular Hbond substituents is 1. The Labute approximate surface area is 112 Å². The molecule has 0 aliphatic rings. The second-order valence-corrected chi connectivity index (χ2v) is 4.43. The minimum absolute atomic E-state index is 0.0515. The van der Waals surface area contributed by atoms with E-state index in [1.165, 1.54) is 11.6 Å². The predicted octanol–water partition coefficient (Wildman–Crippen LogP) is 3.16. The average Bonchev–Trinajstić information content (AvgIpc) is 2.39. The molecule has 0 aliphatic carbocycles. The summed E-state index contributed by atoms with van der Waals surface area (Å²) in [7, 11) is 0. The van der Waals surface area contributed by atoms with Gasteiger partial charge in [-0.1, -0.05) is 54.1 Å². The molecule has 0 heterocycles. The number of benzene rings is 2. The van der Waals surface area contributed by atoms with Crippen molar-refractivity contribution >= 4 is 18.0 Å². The lowest BCUT2D eigenvalue weighted by Crippen LogP contribution is -2.10. The molecule has 0 fully saturated rings. The molecule has 0 aliphatic heterocycles. The highest BCUT2D eigenvalue weighted by Crippen LogP contribution is 2.21. The Bertz CT molecular complexity index is 628. The summed E-state index contributed by atoms with van der Waals surface area (Å²) in [5.41, 5.74) is 8.87. The molecule has 0 atom stereocenters. The van der Waals surface area contributed by atoms with Crippen LogP contribution in [-0.4, -0.2) is 10.9 Å². The predicted molar refractivity (Wildman–Crippen MR) is 79.2 cm³/mol. The molecule has 0 bridgehead atoms. The number of nitrogen functional groups attached to an aromatic ring is 1. The Morgan fingerprint density at radius 2 is 1.79 bits per heavy atom. The average molecular weight is 252 g/mol. The Morgan fingerprint density at radius 1 is 1.11 bits per heavy atom. The van der Waals surface area contributed by atoms with Crippen LogP contribution in [0.1, 0.15) is 22.3 Å². The number of nitrogens with two attached hydrogens (primary N) is 1. The highest BCUT2D eigenvalue weighted by Gasteiger charge is 2.01. The molecular formula is C16H16N2O. The lowest BCUT2D eigenvalue weighted by molar-refractivity contribution is 0.474. The SMILES string of the molecule is Cc1ccc(/C=C/c2ccc(C(=N)N)cc2O)cc1. The second kappa shape index (κ2) is 5.40. The van der Waals surface area contributed by atoms with Gasteiger partial charge in [-0.15, -0.1) is 0 Å². The molecule has 0 aromatic heterocycles. The molecule has 0 spiro atoms. The summed E-state index contributed by atoms with van der Waals surface area (Å²) in [6, 6.07) is 13.1. The summed E-state index contributed by atoms with van der Waals surface area (Å²) in [5, 5.41) is 17.2. The minimum Gasteiger partial charge on any atom is -0.507 e. The first kappa shape index (κ1) is 12.9. The van der Waals surface area contributed by atoms with Crippen molar-refractivity contribution in [1.29, 1.82) is 5.41 Å². The third-order valence-electron chi connectivity index (χ3n) is 2.87. The Hall–Kier alpha value is -2.55. The van der Waals surface area contributed by atoms with Crippen LogP contribution in [0, 0.1) is 12.3 Å². The zero-order chi connectivity index (χ0) is 13.8. The molecule has 19 heavy (non-hydrogen) atoms. The highest BCUT2D eigenvalue weighted by molar-refractivity contribution is 5.95. The molecular weight excluding hydrogens is 236 g/mol. The zero-order valence-electron chi connectivity index (χ0n) is 10.7. The fourth-order valence-electron chi connectivity index (χ4n) is 1.72. The molecule has 2 aromatic carbocycles. The molecule has 4 N–H and O–H groups in total. The van der Waals surface area contributed by atoms with Gasteiger partial charge < -0.3 is 10.8 Å². The molecule has 96 valence electrons. The van der Waals surface area contributed by atoms with E-state index in [-0.39, 0.29) is 11.6 Å². The quantitative estimate of drug-likeness (QED) is 0.446. The number of rotatable bonds is 3. The van der Waals surface area contributed by atoms with E-state index in [0.29, 0.717) is 11.1 Å². The molecule has 3 heteroatoms.